The summed E-state index contributed by atoms with van der Waals surface area (Å²) >= 11 is 5.36. The number of nitrogens with one attached hydrogen (secondary N) is 2. The Kier molecular flexibility index (Phi) is 18.4. The molecule has 206 valence electrons. The molecule has 0 spiro atoms. The van der Waals surface area contributed by atoms with Crippen molar-refractivity contribution in [2.75, 3.05) is 13.7 Å². The topological polar surface area (TPSA) is 45.7 Å². The first kappa shape index (κ1) is 32.4. The van der Waals surface area contributed by atoms with Crippen molar-refractivity contribution in [1.29, 1.82) is 0 Å². The number of hydrogen-bond donors (Lipinski definition) is 2. The molecule has 0 bridgehead atoms. The zero-order chi connectivity index (χ0) is 26.5. The molecule has 0 aliphatic rings. The molecule has 1 aromatic carbocycles. The van der Waals surface area contributed by atoms with Gasteiger partial charge in [-0.05, 0) is 41.7 Å². The number of benzene rings is 1. The van der Waals surface area contributed by atoms with Crippen LogP contribution in [0.1, 0.15) is 142 Å². The third-order valence-corrected chi connectivity index (χ3v) is 7.02. The fraction of sp³-hybridized carbons (Fsp3) is 0.742. The highest BCUT2D eigenvalue weighted by Gasteiger charge is 2.15. The van der Waals surface area contributed by atoms with Crippen LogP contribution in [0.25, 0.3) is 0 Å². The van der Waals surface area contributed by atoms with Crippen LogP contribution in [0.2, 0.25) is 0 Å². The summed E-state index contributed by atoms with van der Waals surface area (Å²) in [5, 5.41) is 8.14. The number of rotatable bonds is 20. The lowest BCUT2D eigenvalue weighted by molar-refractivity contribution is 0.413. The maximum absolute atomic E-state index is 5.47. The van der Waals surface area contributed by atoms with Gasteiger partial charge in [-0.3, -0.25) is 5.43 Å². The summed E-state index contributed by atoms with van der Waals surface area (Å²) in [5.74, 6) is 0.806. The van der Waals surface area contributed by atoms with Gasteiger partial charge in [-0.1, -0.05) is 130 Å². The lowest BCUT2D eigenvalue weighted by atomic mass is 9.86. The monoisotopic (exact) mass is 517 g/mol. The van der Waals surface area contributed by atoms with Crippen LogP contribution in [0.4, 0.5) is 0 Å². The fourth-order valence-corrected chi connectivity index (χ4v) is 4.53. The molecular weight excluding hydrogens is 462 g/mol. The third kappa shape index (κ3) is 16.2. The second kappa shape index (κ2) is 20.4. The second-order valence-corrected chi connectivity index (χ2v) is 11.5. The van der Waals surface area contributed by atoms with Crippen LogP contribution in [0.3, 0.4) is 0 Å². The third-order valence-electron chi connectivity index (χ3n) is 6.78. The van der Waals surface area contributed by atoms with Gasteiger partial charge >= 0.3 is 0 Å². The van der Waals surface area contributed by atoms with Crippen molar-refractivity contribution in [3.05, 3.63) is 29.3 Å². The average molecular weight is 518 g/mol. The first-order chi connectivity index (χ1) is 17.4. The molecule has 5 heteroatoms. The van der Waals surface area contributed by atoms with E-state index in [2.05, 4.69) is 55.7 Å². The van der Waals surface area contributed by atoms with Gasteiger partial charge in [-0.25, -0.2) is 0 Å². The van der Waals surface area contributed by atoms with Crippen LogP contribution in [0.15, 0.2) is 23.3 Å². The molecule has 0 saturated carbocycles. The summed E-state index contributed by atoms with van der Waals surface area (Å²) in [7, 11) is 1.68. The van der Waals surface area contributed by atoms with E-state index in [-0.39, 0.29) is 5.41 Å². The maximum atomic E-state index is 5.47. The van der Waals surface area contributed by atoms with Crippen molar-refractivity contribution >= 4 is 23.5 Å². The number of hydrogen-bond acceptors (Lipinski definition) is 3. The fourth-order valence-electron chi connectivity index (χ4n) is 4.38. The van der Waals surface area contributed by atoms with E-state index in [4.69, 9.17) is 17.0 Å². The summed E-state index contributed by atoms with van der Waals surface area (Å²) in [6.07, 6.45) is 23.9. The number of methoxy groups -OCH3 is 1. The second-order valence-electron chi connectivity index (χ2n) is 11.1. The lowest BCUT2D eigenvalue weighted by Gasteiger charge is -2.20. The minimum Gasteiger partial charge on any atom is -0.496 e. The van der Waals surface area contributed by atoms with E-state index in [1.165, 1.54) is 102 Å². The number of thiocarbonyl (C=S) groups is 1. The molecule has 0 fully saturated rings. The molecule has 0 heterocycles. The quantitative estimate of drug-likeness (QED) is 0.0783. The predicted octanol–water partition coefficient (Wildman–Crippen LogP) is 9.05. The summed E-state index contributed by atoms with van der Waals surface area (Å²) < 4.78 is 5.47. The van der Waals surface area contributed by atoms with Crippen LogP contribution < -0.4 is 15.5 Å². The van der Waals surface area contributed by atoms with E-state index < -0.39 is 0 Å². The smallest absolute Gasteiger partial charge is 0.186 e. The molecule has 0 unspecified atom stereocenters. The van der Waals surface area contributed by atoms with Crippen LogP contribution in [0, 0.1) is 0 Å². The molecule has 1 rings (SSSR count). The molecule has 0 aromatic heterocycles. The molecule has 36 heavy (non-hydrogen) atoms. The molecule has 2 N–H and O–H groups in total. The number of nitrogens with zero attached hydrogens (tertiary/aromatic N) is 1. The van der Waals surface area contributed by atoms with E-state index in [9.17, 15) is 0 Å². The molecule has 4 nitrogen and oxygen atoms in total. The highest BCUT2D eigenvalue weighted by atomic mass is 32.1. The van der Waals surface area contributed by atoms with E-state index in [1.54, 1.807) is 13.3 Å². The van der Waals surface area contributed by atoms with Gasteiger partial charge in [0, 0.05) is 12.1 Å². The molecule has 0 atom stereocenters. The molecule has 0 amide bonds. The van der Waals surface area contributed by atoms with Crippen molar-refractivity contribution in [3.63, 3.8) is 0 Å². The highest BCUT2D eigenvalue weighted by Crippen LogP contribution is 2.27. The van der Waals surface area contributed by atoms with Crippen LogP contribution in [-0.4, -0.2) is 25.0 Å². The van der Waals surface area contributed by atoms with Gasteiger partial charge in [0.25, 0.3) is 0 Å². The molecule has 0 aliphatic heterocycles. The van der Waals surface area contributed by atoms with Crippen molar-refractivity contribution < 1.29 is 4.74 Å². The normalized spacial score (nSPS) is 11.7. The van der Waals surface area contributed by atoms with Crippen molar-refractivity contribution in [2.45, 2.75) is 136 Å². The largest absolute Gasteiger partial charge is 0.496 e. The Morgan fingerprint density at radius 2 is 1.33 bits per heavy atom. The van der Waals surface area contributed by atoms with E-state index >= 15 is 0 Å². The van der Waals surface area contributed by atoms with Crippen molar-refractivity contribution in [2.24, 2.45) is 5.10 Å². The SMILES string of the molecule is CCCCCCCCCCCCCCCCCCNC(=S)N/N=C/c1cc(C(C)(C)C)ccc1OC. The summed E-state index contributed by atoms with van der Waals surface area (Å²) in [6.45, 7) is 9.78. The Balaban J connectivity index is 2.01. The first-order valence-corrected chi connectivity index (χ1v) is 15.0. The Morgan fingerprint density at radius 1 is 0.833 bits per heavy atom. The predicted molar refractivity (Wildman–Crippen MR) is 163 cm³/mol. The Hall–Kier alpha value is -1.62. The zero-order valence-corrected chi connectivity index (χ0v) is 24.9. The van der Waals surface area contributed by atoms with Crippen molar-refractivity contribution in [1.82, 2.24) is 10.7 Å². The summed E-state index contributed by atoms with van der Waals surface area (Å²) in [4.78, 5) is 0. The molecule has 0 saturated heterocycles. The van der Waals surface area contributed by atoms with Gasteiger partial charge in [0.2, 0.25) is 0 Å². The Labute approximate surface area is 228 Å². The van der Waals surface area contributed by atoms with E-state index in [0.717, 1.165) is 24.3 Å². The van der Waals surface area contributed by atoms with Gasteiger partial charge in [0.15, 0.2) is 5.11 Å². The molecule has 0 radical (unpaired) electrons. The average Bonchev–Trinajstić information content (AvgIpc) is 2.85. The maximum Gasteiger partial charge on any atom is 0.186 e. The minimum atomic E-state index is 0.0755. The number of hydrazone groups is 1. The van der Waals surface area contributed by atoms with Crippen molar-refractivity contribution in [3.8, 4) is 5.75 Å². The Bertz CT molecular complexity index is 727. The van der Waals surface area contributed by atoms with Gasteiger partial charge in [-0.2, -0.15) is 5.10 Å². The first-order valence-electron chi connectivity index (χ1n) is 14.6. The van der Waals surface area contributed by atoms with Gasteiger partial charge in [0.05, 0.1) is 13.3 Å². The highest BCUT2D eigenvalue weighted by molar-refractivity contribution is 7.80. The van der Waals surface area contributed by atoms with E-state index in [1.807, 2.05) is 6.07 Å². The van der Waals surface area contributed by atoms with E-state index in [0.29, 0.717) is 5.11 Å². The lowest BCUT2D eigenvalue weighted by Crippen LogP contribution is -2.32. The van der Waals surface area contributed by atoms with Crippen LogP contribution in [-0.2, 0) is 5.41 Å². The molecule has 1 aromatic rings. The van der Waals surface area contributed by atoms with Gasteiger partial charge in [0.1, 0.15) is 5.75 Å². The summed E-state index contributed by atoms with van der Waals surface area (Å²) in [5.41, 5.74) is 5.19. The van der Waals surface area contributed by atoms with Gasteiger partial charge < -0.3 is 10.1 Å². The van der Waals surface area contributed by atoms with Gasteiger partial charge in [-0.15, -0.1) is 0 Å². The Morgan fingerprint density at radius 3 is 1.81 bits per heavy atom. The summed E-state index contributed by atoms with van der Waals surface area (Å²) in [6, 6.07) is 6.22. The number of ether oxygens (including phenoxy) is 1. The van der Waals surface area contributed by atoms with Crippen LogP contribution in [0.5, 0.6) is 5.75 Å². The standard InChI is InChI=1S/C31H55N3OS/c1-6-7-8-9-10-11-12-13-14-15-16-17-18-19-20-21-24-32-30(36)34-33-26-27-25-28(31(2,3)4)22-23-29(27)35-5/h22-23,25-26H,6-21,24H2,1-5H3,(H2,32,34,36)/b33-26+. The minimum absolute atomic E-state index is 0.0755. The van der Waals surface area contributed by atoms with Crippen LogP contribution >= 0.6 is 12.2 Å². The molecular formula is C31H55N3OS. The number of unbranched alkanes of at least 4 members (excludes halogenated alkanes) is 15. The zero-order valence-electron chi connectivity index (χ0n) is 24.1. The molecule has 0 aliphatic carbocycles.